The van der Waals surface area contributed by atoms with E-state index in [-0.39, 0.29) is 11.7 Å². The molecule has 12 heavy (non-hydrogen) atoms. The van der Waals surface area contributed by atoms with Crippen LogP contribution in [0.3, 0.4) is 0 Å². The SMILES string of the molecule is CC1(C)[C@@H]2C[C@H]3O[C@@]3(C=O)C[C@@H]21. The van der Waals surface area contributed by atoms with Gasteiger partial charge < -0.3 is 9.53 Å². The fraction of sp³-hybridized carbons (Fsp3) is 0.900. The van der Waals surface area contributed by atoms with Crippen LogP contribution in [-0.4, -0.2) is 18.0 Å². The lowest BCUT2D eigenvalue weighted by atomic mass is 9.90. The molecular formula is C10H14O2. The molecule has 0 spiro atoms. The summed E-state index contributed by atoms with van der Waals surface area (Å²) in [5.41, 5.74) is 0.168. The summed E-state index contributed by atoms with van der Waals surface area (Å²) in [5, 5.41) is 0. The lowest BCUT2D eigenvalue weighted by Crippen LogP contribution is -2.22. The smallest absolute Gasteiger partial charge is 0.154 e. The summed E-state index contributed by atoms with van der Waals surface area (Å²) in [7, 11) is 0. The van der Waals surface area contributed by atoms with Gasteiger partial charge in [0.1, 0.15) is 5.60 Å². The Morgan fingerprint density at radius 2 is 2.17 bits per heavy atom. The zero-order valence-electron chi connectivity index (χ0n) is 7.54. The fourth-order valence-electron chi connectivity index (χ4n) is 3.11. The first kappa shape index (κ1) is 7.07. The second-order valence-electron chi connectivity index (χ2n) is 5.15. The van der Waals surface area contributed by atoms with Crippen LogP contribution >= 0.6 is 0 Å². The van der Waals surface area contributed by atoms with E-state index in [0.717, 1.165) is 31.0 Å². The van der Waals surface area contributed by atoms with Crippen molar-refractivity contribution in [2.45, 2.75) is 38.4 Å². The summed E-state index contributed by atoms with van der Waals surface area (Å²) >= 11 is 0. The molecule has 3 fully saturated rings. The Hall–Kier alpha value is -0.370. The monoisotopic (exact) mass is 166 g/mol. The number of epoxide rings is 1. The van der Waals surface area contributed by atoms with Crippen molar-refractivity contribution in [3.63, 3.8) is 0 Å². The molecule has 1 saturated heterocycles. The minimum absolute atomic E-state index is 0.276. The van der Waals surface area contributed by atoms with Gasteiger partial charge in [0.15, 0.2) is 6.29 Å². The maximum Gasteiger partial charge on any atom is 0.154 e. The summed E-state index contributed by atoms with van der Waals surface area (Å²) in [6, 6.07) is 0. The molecule has 2 heteroatoms. The highest BCUT2D eigenvalue weighted by Crippen LogP contribution is 2.70. The number of rotatable bonds is 1. The Morgan fingerprint density at radius 1 is 1.42 bits per heavy atom. The van der Waals surface area contributed by atoms with Gasteiger partial charge in [-0.1, -0.05) is 13.8 Å². The van der Waals surface area contributed by atoms with Crippen LogP contribution in [0.4, 0.5) is 0 Å². The first-order valence-electron chi connectivity index (χ1n) is 4.74. The zero-order valence-corrected chi connectivity index (χ0v) is 7.54. The fourth-order valence-corrected chi connectivity index (χ4v) is 3.11. The Morgan fingerprint density at radius 3 is 2.83 bits per heavy atom. The first-order chi connectivity index (χ1) is 5.60. The van der Waals surface area contributed by atoms with Crippen LogP contribution in [0.5, 0.6) is 0 Å². The summed E-state index contributed by atoms with van der Waals surface area (Å²) < 4.78 is 5.44. The molecule has 0 unspecified atom stereocenters. The van der Waals surface area contributed by atoms with E-state index in [1.54, 1.807) is 0 Å². The van der Waals surface area contributed by atoms with Gasteiger partial charge in [-0.2, -0.15) is 0 Å². The number of fused-ring (bicyclic) bond motifs is 2. The number of carbonyl (C=O) groups excluding carboxylic acids is 1. The third kappa shape index (κ3) is 0.598. The van der Waals surface area contributed by atoms with Crippen LogP contribution in [0.15, 0.2) is 0 Å². The molecule has 0 bridgehead atoms. The van der Waals surface area contributed by atoms with Crippen LogP contribution < -0.4 is 0 Å². The maximum atomic E-state index is 10.8. The van der Waals surface area contributed by atoms with Crippen molar-refractivity contribution in [2.75, 3.05) is 0 Å². The summed E-state index contributed by atoms with van der Waals surface area (Å²) in [5.74, 6) is 1.58. The molecule has 3 rings (SSSR count). The van der Waals surface area contributed by atoms with Crippen LogP contribution in [-0.2, 0) is 9.53 Å². The molecule has 0 aromatic heterocycles. The van der Waals surface area contributed by atoms with Crippen molar-refractivity contribution in [3.8, 4) is 0 Å². The van der Waals surface area contributed by atoms with E-state index >= 15 is 0 Å². The van der Waals surface area contributed by atoms with E-state index in [0.29, 0.717) is 5.41 Å². The second kappa shape index (κ2) is 1.63. The molecule has 0 aromatic rings. The minimum Gasteiger partial charge on any atom is -0.358 e. The molecule has 0 N–H and O–H groups in total. The molecule has 0 radical (unpaired) electrons. The van der Waals surface area contributed by atoms with Gasteiger partial charge in [0.25, 0.3) is 0 Å². The predicted molar refractivity (Wildman–Crippen MR) is 43.7 cm³/mol. The van der Waals surface area contributed by atoms with Gasteiger partial charge >= 0.3 is 0 Å². The average Bonchev–Trinajstić information content (AvgIpc) is 2.86. The van der Waals surface area contributed by atoms with Crippen molar-refractivity contribution in [3.05, 3.63) is 0 Å². The largest absolute Gasteiger partial charge is 0.358 e. The van der Waals surface area contributed by atoms with Crippen molar-refractivity contribution >= 4 is 6.29 Å². The number of hydrogen-bond acceptors (Lipinski definition) is 2. The molecule has 2 nitrogen and oxygen atoms in total. The van der Waals surface area contributed by atoms with Crippen molar-refractivity contribution in [1.82, 2.24) is 0 Å². The standard InChI is InChI=1S/C10H14O2/c1-9(2)6-3-8-10(5-11,12-8)4-7(6)9/h5-8H,3-4H2,1-2H3/t6-,7+,8-,10-/m1/s1. The topological polar surface area (TPSA) is 29.6 Å². The van der Waals surface area contributed by atoms with Crippen molar-refractivity contribution < 1.29 is 9.53 Å². The van der Waals surface area contributed by atoms with E-state index < -0.39 is 0 Å². The molecule has 1 aliphatic heterocycles. The predicted octanol–water partition coefficient (Wildman–Crippen LogP) is 1.39. The van der Waals surface area contributed by atoms with Crippen LogP contribution in [0.1, 0.15) is 26.7 Å². The van der Waals surface area contributed by atoms with Gasteiger partial charge in [-0.15, -0.1) is 0 Å². The summed E-state index contributed by atoms with van der Waals surface area (Å²) in [6.45, 7) is 4.62. The first-order valence-corrected chi connectivity index (χ1v) is 4.74. The number of aldehydes is 1. The quantitative estimate of drug-likeness (QED) is 0.435. The third-order valence-electron chi connectivity index (χ3n) is 4.34. The van der Waals surface area contributed by atoms with E-state index in [9.17, 15) is 4.79 Å². The van der Waals surface area contributed by atoms with Gasteiger partial charge in [0, 0.05) is 0 Å². The van der Waals surface area contributed by atoms with Gasteiger partial charge in [-0.25, -0.2) is 0 Å². The Labute approximate surface area is 72.3 Å². The van der Waals surface area contributed by atoms with Crippen molar-refractivity contribution in [2.24, 2.45) is 17.3 Å². The highest BCUT2D eigenvalue weighted by molar-refractivity contribution is 5.68. The van der Waals surface area contributed by atoms with E-state index in [1.165, 1.54) is 0 Å². The average molecular weight is 166 g/mol. The maximum absolute atomic E-state index is 10.8. The lowest BCUT2D eigenvalue weighted by molar-refractivity contribution is -0.112. The Bertz CT molecular complexity index is 259. The second-order valence-corrected chi connectivity index (χ2v) is 5.15. The molecule has 4 atom stereocenters. The molecule has 1 heterocycles. The molecular weight excluding hydrogens is 152 g/mol. The van der Waals surface area contributed by atoms with Crippen LogP contribution in [0.25, 0.3) is 0 Å². The zero-order chi connectivity index (χ0) is 8.56. The highest BCUT2D eigenvalue weighted by Gasteiger charge is 2.72. The van der Waals surface area contributed by atoms with E-state index in [2.05, 4.69) is 13.8 Å². The van der Waals surface area contributed by atoms with E-state index in [1.807, 2.05) is 0 Å². The van der Waals surface area contributed by atoms with Crippen molar-refractivity contribution in [1.29, 1.82) is 0 Å². The Balaban J connectivity index is 1.85. The van der Waals surface area contributed by atoms with Gasteiger partial charge in [-0.05, 0) is 30.1 Å². The van der Waals surface area contributed by atoms with Gasteiger partial charge in [-0.3, -0.25) is 0 Å². The van der Waals surface area contributed by atoms with Gasteiger partial charge in [0.05, 0.1) is 6.10 Å². The normalized spacial score (nSPS) is 58.3. The highest BCUT2D eigenvalue weighted by atomic mass is 16.6. The summed E-state index contributed by atoms with van der Waals surface area (Å²) in [6.07, 6.45) is 3.41. The molecule has 0 amide bonds. The number of ether oxygens (including phenoxy) is 1. The lowest BCUT2D eigenvalue weighted by Gasteiger charge is -2.08. The Kier molecular flexibility index (Phi) is 0.958. The summed E-state index contributed by atoms with van der Waals surface area (Å²) in [4.78, 5) is 10.8. The number of carbonyl (C=O) groups is 1. The number of hydrogen-bond donors (Lipinski definition) is 0. The third-order valence-corrected chi connectivity index (χ3v) is 4.34. The van der Waals surface area contributed by atoms with Crippen LogP contribution in [0, 0.1) is 17.3 Å². The molecule has 2 aliphatic carbocycles. The van der Waals surface area contributed by atoms with Crippen LogP contribution in [0.2, 0.25) is 0 Å². The molecule has 3 aliphatic rings. The molecule has 0 aromatic carbocycles. The molecule has 2 saturated carbocycles. The van der Waals surface area contributed by atoms with Gasteiger partial charge in [0.2, 0.25) is 0 Å². The molecule has 66 valence electrons. The minimum atomic E-state index is -0.324. The van der Waals surface area contributed by atoms with E-state index in [4.69, 9.17) is 4.74 Å².